The lowest BCUT2D eigenvalue weighted by atomic mass is 9.98. The molecule has 2 aromatic carbocycles. The highest BCUT2D eigenvalue weighted by Crippen LogP contribution is 2.32. The van der Waals surface area contributed by atoms with E-state index in [0.717, 1.165) is 17.7 Å². The van der Waals surface area contributed by atoms with Gasteiger partial charge in [-0.3, -0.25) is 14.2 Å². The van der Waals surface area contributed by atoms with Gasteiger partial charge < -0.3 is 14.1 Å². The number of ether oxygens (including phenoxy) is 1. The molecule has 0 saturated carbocycles. The third-order valence-corrected chi connectivity index (χ3v) is 7.67. The number of hydrogen-bond acceptors (Lipinski definition) is 8. The Bertz CT molecular complexity index is 1540. The van der Waals surface area contributed by atoms with Crippen LogP contribution in [0.15, 0.2) is 70.4 Å². The molecule has 2 aromatic heterocycles. The molecule has 0 radical (unpaired) electrons. The van der Waals surface area contributed by atoms with Gasteiger partial charge in [0.05, 0.1) is 29.5 Å². The first-order chi connectivity index (χ1) is 20.2. The van der Waals surface area contributed by atoms with Crippen LogP contribution in [0, 0.1) is 5.92 Å². The van der Waals surface area contributed by atoms with E-state index in [1.54, 1.807) is 22.5 Å². The van der Waals surface area contributed by atoms with Gasteiger partial charge in [-0.15, -0.1) is 10.2 Å². The van der Waals surface area contributed by atoms with E-state index >= 15 is 0 Å². The van der Waals surface area contributed by atoms with Crippen LogP contribution >= 0.6 is 11.8 Å². The maximum absolute atomic E-state index is 13.5. The smallest absolute Gasteiger partial charge is 0.416 e. The molecule has 42 heavy (non-hydrogen) atoms. The number of carbonyl (C=O) groups is 2. The summed E-state index contributed by atoms with van der Waals surface area (Å²) < 4.78 is 52.8. The normalized spacial score (nSPS) is 15.5. The average Bonchev–Trinajstić information content (AvgIpc) is 3.63. The van der Waals surface area contributed by atoms with Gasteiger partial charge in [-0.2, -0.15) is 13.2 Å². The predicted molar refractivity (Wildman–Crippen MR) is 147 cm³/mol. The Labute approximate surface area is 244 Å². The van der Waals surface area contributed by atoms with Crippen LogP contribution in [0.3, 0.4) is 0 Å². The number of halogens is 3. The number of amides is 1. The maximum atomic E-state index is 13.5. The maximum Gasteiger partial charge on any atom is 0.416 e. The highest BCUT2D eigenvalue weighted by Gasteiger charge is 2.32. The number of likely N-dealkylation sites (tertiary alicyclic amines) is 1. The quantitative estimate of drug-likeness (QED) is 0.182. The number of piperidine rings is 1. The predicted octanol–water partition coefficient (Wildman–Crippen LogP) is 5.57. The van der Waals surface area contributed by atoms with E-state index in [4.69, 9.17) is 9.15 Å². The fourth-order valence-electron chi connectivity index (χ4n) is 4.75. The molecule has 5 rings (SSSR count). The van der Waals surface area contributed by atoms with Crippen LogP contribution in [0.25, 0.3) is 5.69 Å². The number of benzene rings is 2. The fraction of sp³-hybridized carbons (Fsp3) is 0.345. The van der Waals surface area contributed by atoms with E-state index in [2.05, 4.69) is 15.2 Å². The molecule has 1 unspecified atom stereocenters. The molecule has 1 saturated heterocycles. The van der Waals surface area contributed by atoms with Crippen molar-refractivity contribution >= 4 is 23.6 Å². The van der Waals surface area contributed by atoms with E-state index in [1.165, 1.54) is 24.1 Å². The van der Waals surface area contributed by atoms with Crippen molar-refractivity contribution in [1.82, 2.24) is 24.6 Å². The lowest BCUT2D eigenvalue weighted by Gasteiger charge is -2.30. The topological polar surface area (TPSA) is 103 Å². The number of oxazole rings is 1. The number of thioether (sulfide) groups is 1. The lowest BCUT2D eigenvalue weighted by Crippen LogP contribution is -2.43. The largest absolute Gasteiger partial charge is 0.466 e. The molecule has 9 nitrogen and oxygen atoms in total. The number of aromatic nitrogens is 4. The number of hydrogen-bond donors (Lipinski definition) is 0. The van der Waals surface area contributed by atoms with E-state index in [9.17, 15) is 22.8 Å². The Hall–Kier alpha value is -4.13. The minimum Gasteiger partial charge on any atom is -0.466 e. The second-order valence-corrected chi connectivity index (χ2v) is 10.6. The molecule has 0 aliphatic carbocycles. The first kappa shape index (κ1) is 29.4. The summed E-state index contributed by atoms with van der Waals surface area (Å²) in [4.78, 5) is 31.1. The van der Waals surface area contributed by atoms with Crippen molar-refractivity contribution in [2.75, 3.05) is 19.7 Å². The number of rotatable bonds is 9. The number of nitrogens with zero attached hydrogens (tertiary/aromatic N) is 5. The van der Waals surface area contributed by atoms with Crippen LogP contribution in [0.4, 0.5) is 13.2 Å². The van der Waals surface area contributed by atoms with Gasteiger partial charge in [-0.1, -0.05) is 48.2 Å². The molecule has 1 atom stereocenters. The van der Waals surface area contributed by atoms with E-state index in [-0.39, 0.29) is 54.0 Å². The summed E-state index contributed by atoms with van der Waals surface area (Å²) in [7, 11) is 0. The molecule has 3 heterocycles. The molecule has 0 spiro atoms. The summed E-state index contributed by atoms with van der Waals surface area (Å²) in [6.45, 7) is 2.77. The molecular weight excluding hydrogens is 571 g/mol. The average molecular weight is 600 g/mol. The second kappa shape index (κ2) is 12.8. The summed E-state index contributed by atoms with van der Waals surface area (Å²) in [6, 6.07) is 14.4. The zero-order valence-corrected chi connectivity index (χ0v) is 23.5. The van der Waals surface area contributed by atoms with Crippen molar-refractivity contribution in [3.05, 3.63) is 89.4 Å². The summed E-state index contributed by atoms with van der Waals surface area (Å²) in [5.74, 6) is -0.179. The van der Waals surface area contributed by atoms with Crippen LogP contribution in [0.2, 0.25) is 0 Å². The molecule has 1 aliphatic heterocycles. The first-order valence-corrected chi connectivity index (χ1v) is 14.4. The molecule has 0 bridgehead atoms. The van der Waals surface area contributed by atoms with Gasteiger partial charge in [0.25, 0.3) is 5.91 Å². The van der Waals surface area contributed by atoms with Crippen molar-refractivity contribution < 1.29 is 31.9 Å². The van der Waals surface area contributed by atoms with Crippen molar-refractivity contribution in [3.8, 4) is 5.69 Å². The monoisotopic (exact) mass is 599 g/mol. The van der Waals surface area contributed by atoms with Gasteiger partial charge in [0.15, 0.2) is 10.9 Å². The summed E-state index contributed by atoms with van der Waals surface area (Å²) >= 11 is 1.18. The summed E-state index contributed by atoms with van der Waals surface area (Å²) in [5.41, 5.74) is 0.523. The summed E-state index contributed by atoms with van der Waals surface area (Å²) in [6.07, 6.45) is -1.56. The lowest BCUT2D eigenvalue weighted by molar-refractivity contribution is -0.149. The van der Waals surface area contributed by atoms with Gasteiger partial charge in [-0.05, 0) is 43.5 Å². The van der Waals surface area contributed by atoms with Crippen molar-refractivity contribution in [2.45, 2.75) is 43.3 Å². The standard InChI is InChI=1S/C29H28F3N5O4S/c1-2-40-27(39)20-10-7-13-36(16-20)26(38)23-17-41-25(33-23)18-42-28-35-34-24(14-19-8-4-3-5-9-19)37(28)22-12-6-11-21(15-22)29(30,31)32/h3-6,8-9,11-12,15,17,20H,2,7,10,13-14,16,18H2,1H3. The molecule has 1 fully saturated rings. The first-order valence-electron chi connectivity index (χ1n) is 13.4. The molecule has 13 heteroatoms. The molecule has 1 amide bonds. The number of esters is 1. The Morgan fingerprint density at radius 1 is 1.12 bits per heavy atom. The van der Waals surface area contributed by atoms with Gasteiger partial charge in [0.2, 0.25) is 5.89 Å². The van der Waals surface area contributed by atoms with Crippen LogP contribution in [0.1, 0.15) is 53.1 Å². The van der Waals surface area contributed by atoms with Crippen LogP contribution in [0.5, 0.6) is 0 Å². The van der Waals surface area contributed by atoms with Gasteiger partial charge in [0.1, 0.15) is 12.1 Å². The number of alkyl halides is 3. The Balaban J connectivity index is 1.34. The van der Waals surface area contributed by atoms with Gasteiger partial charge in [-0.25, -0.2) is 4.98 Å². The SMILES string of the molecule is CCOC(=O)C1CCCN(C(=O)c2coc(CSc3nnc(Cc4ccccc4)n3-c3cccc(C(F)(F)F)c3)n2)C1. The van der Waals surface area contributed by atoms with Crippen molar-refractivity contribution in [2.24, 2.45) is 5.92 Å². The van der Waals surface area contributed by atoms with E-state index < -0.39 is 11.7 Å². The van der Waals surface area contributed by atoms with Crippen LogP contribution < -0.4 is 0 Å². The van der Waals surface area contributed by atoms with Crippen molar-refractivity contribution in [3.63, 3.8) is 0 Å². The molecular formula is C29H28F3N5O4S. The highest BCUT2D eigenvalue weighted by atomic mass is 32.2. The van der Waals surface area contributed by atoms with E-state index in [0.29, 0.717) is 36.8 Å². The number of carbonyl (C=O) groups excluding carboxylic acids is 2. The molecule has 220 valence electrons. The second-order valence-electron chi connectivity index (χ2n) is 9.70. The van der Waals surface area contributed by atoms with Gasteiger partial charge >= 0.3 is 12.1 Å². The minimum atomic E-state index is -4.51. The molecule has 1 aliphatic rings. The van der Waals surface area contributed by atoms with Crippen LogP contribution in [-0.4, -0.2) is 56.2 Å². The Morgan fingerprint density at radius 2 is 1.93 bits per heavy atom. The third kappa shape index (κ3) is 6.84. The van der Waals surface area contributed by atoms with Gasteiger partial charge in [0, 0.05) is 19.5 Å². The van der Waals surface area contributed by atoms with Crippen molar-refractivity contribution in [1.29, 1.82) is 0 Å². The fourth-order valence-corrected chi connectivity index (χ4v) is 5.57. The van der Waals surface area contributed by atoms with E-state index in [1.807, 2.05) is 30.3 Å². The highest BCUT2D eigenvalue weighted by molar-refractivity contribution is 7.98. The third-order valence-electron chi connectivity index (χ3n) is 6.76. The zero-order valence-electron chi connectivity index (χ0n) is 22.7. The molecule has 0 N–H and O–H groups in total. The molecule has 4 aromatic rings. The Morgan fingerprint density at radius 3 is 2.69 bits per heavy atom. The minimum absolute atomic E-state index is 0.110. The van der Waals surface area contributed by atoms with Crippen LogP contribution in [-0.2, 0) is 27.9 Å². The summed E-state index contributed by atoms with van der Waals surface area (Å²) in [5, 5.41) is 8.89. The Kier molecular flexibility index (Phi) is 8.95. The zero-order chi connectivity index (χ0) is 29.7.